The highest BCUT2D eigenvalue weighted by Crippen LogP contribution is 2.31. The van der Waals surface area contributed by atoms with Crippen molar-refractivity contribution in [3.63, 3.8) is 0 Å². The quantitative estimate of drug-likeness (QED) is 0.888. The Balaban J connectivity index is 2.06. The van der Waals surface area contributed by atoms with Crippen LogP contribution in [-0.4, -0.2) is 32.4 Å². The summed E-state index contributed by atoms with van der Waals surface area (Å²) in [5.41, 5.74) is 1.96. The standard InChI is InChI=1S/C13H18N2O2S/c16-18(17,15-9-1-2-10-15)13-7-3-6-12-11(13)5-4-8-14-12/h3,6-7,14H,1-2,4-5,8-10H2. The van der Waals surface area contributed by atoms with Crippen LogP contribution in [0, 0.1) is 0 Å². The number of sulfonamides is 1. The molecule has 0 amide bonds. The van der Waals surface area contributed by atoms with E-state index in [2.05, 4.69) is 5.32 Å². The maximum absolute atomic E-state index is 12.6. The first-order valence-corrected chi connectivity index (χ1v) is 7.99. The second kappa shape index (κ2) is 4.55. The van der Waals surface area contributed by atoms with E-state index in [-0.39, 0.29) is 0 Å². The maximum atomic E-state index is 12.6. The van der Waals surface area contributed by atoms with Crippen molar-refractivity contribution in [3.8, 4) is 0 Å². The minimum absolute atomic E-state index is 0.508. The topological polar surface area (TPSA) is 49.4 Å². The van der Waals surface area contributed by atoms with Gasteiger partial charge in [-0.15, -0.1) is 0 Å². The van der Waals surface area contributed by atoms with Crippen molar-refractivity contribution in [1.29, 1.82) is 0 Å². The summed E-state index contributed by atoms with van der Waals surface area (Å²) in [6.07, 6.45) is 3.81. The van der Waals surface area contributed by atoms with Gasteiger partial charge in [-0.05, 0) is 43.4 Å². The molecule has 98 valence electrons. The zero-order valence-corrected chi connectivity index (χ0v) is 11.2. The van der Waals surface area contributed by atoms with Crippen molar-refractivity contribution in [3.05, 3.63) is 23.8 Å². The second-order valence-electron chi connectivity index (χ2n) is 4.92. The Hall–Kier alpha value is -1.07. The van der Waals surface area contributed by atoms with E-state index in [1.54, 1.807) is 10.4 Å². The molecule has 0 atom stereocenters. The Labute approximate surface area is 108 Å². The SMILES string of the molecule is O=S(=O)(c1cccc2c1CCCN2)N1CCCC1. The molecule has 1 aromatic rings. The van der Waals surface area contributed by atoms with E-state index in [0.717, 1.165) is 43.5 Å². The van der Waals surface area contributed by atoms with Gasteiger partial charge in [0.1, 0.15) is 0 Å². The normalized spacial score (nSPS) is 20.4. The third kappa shape index (κ3) is 1.91. The number of anilines is 1. The molecule has 2 aliphatic heterocycles. The lowest BCUT2D eigenvalue weighted by molar-refractivity contribution is 0.476. The summed E-state index contributed by atoms with van der Waals surface area (Å²) >= 11 is 0. The van der Waals surface area contributed by atoms with Crippen molar-refractivity contribution in [2.75, 3.05) is 25.0 Å². The fourth-order valence-electron chi connectivity index (χ4n) is 2.79. The van der Waals surface area contributed by atoms with Crippen LogP contribution in [0.25, 0.3) is 0 Å². The number of hydrogen-bond acceptors (Lipinski definition) is 3. The molecule has 0 bridgehead atoms. The summed E-state index contributed by atoms with van der Waals surface area (Å²) in [7, 11) is -3.29. The summed E-state index contributed by atoms with van der Waals surface area (Å²) in [5, 5.41) is 3.28. The predicted octanol–water partition coefficient (Wildman–Crippen LogP) is 1.83. The predicted molar refractivity (Wildman–Crippen MR) is 71.2 cm³/mol. The molecule has 1 fully saturated rings. The molecular weight excluding hydrogens is 248 g/mol. The van der Waals surface area contributed by atoms with Crippen LogP contribution in [0.2, 0.25) is 0 Å². The molecule has 4 nitrogen and oxygen atoms in total. The molecule has 0 saturated carbocycles. The lowest BCUT2D eigenvalue weighted by atomic mass is 10.0. The minimum Gasteiger partial charge on any atom is -0.385 e. The highest BCUT2D eigenvalue weighted by molar-refractivity contribution is 7.89. The van der Waals surface area contributed by atoms with E-state index in [1.165, 1.54) is 0 Å². The zero-order valence-electron chi connectivity index (χ0n) is 10.4. The summed E-state index contributed by atoms with van der Waals surface area (Å²) in [6.45, 7) is 2.26. The monoisotopic (exact) mass is 266 g/mol. The molecule has 0 aliphatic carbocycles. The third-order valence-corrected chi connectivity index (χ3v) is 5.72. The first kappa shape index (κ1) is 12.0. The van der Waals surface area contributed by atoms with Crippen LogP contribution in [0.15, 0.2) is 23.1 Å². The van der Waals surface area contributed by atoms with Crippen LogP contribution in [0.1, 0.15) is 24.8 Å². The molecule has 0 spiro atoms. The molecule has 1 saturated heterocycles. The smallest absolute Gasteiger partial charge is 0.243 e. The molecule has 0 aromatic heterocycles. The van der Waals surface area contributed by atoms with Gasteiger partial charge in [-0.1, -0.05) is 6.07 Å². The van der Waals surface area contributed by atoms with Crippen LogP contribution in [0.4, 0.5) is 5.69 Å². The van der Waals surface area contributed by atoms with E-state index in [4.69, 9.17) is 0 Å². The minimum atomic E-state index is -3.29. The van der Waals surface area contributed by atoms with E-state index in [9.17, 15) is 8.42 Å². The third-order valence-electron chi connectivity index (χ3n) is 3.73. The van der Waals surface area contributed by atoms with Crippen molar-refractivity contribution < 1.29 is 8.42 Å². The van der Waals surface area contributed by atoms with Gasteiger partial charge in [0.2, 0.25) is 10.0 Å². The average Bonchev–Trinajstić information content (AvgIpc) is 2.92. The van der Waals surface area contributed by atoms with Crippen molar-refractivity contribution in [1.82, 2.24) is 4.31 Å². The number of fused-ring (bicyclic) bond motifs is 1. The number of nitrogens with zero attached hydrogens (tertiary/aromatic N) is 1. The molecule has 5 heteroatoms. The lowest BCUT2D eigenvalue weighted by Gasteiger charge is -2.23. The van der Waals surface area contributed by atoms with Gasteiger partial charge in [-0.3, -0.25) is 0 Å². The van der Waals surface area contributed by atoms with Gasteiger partial charge in [-0.2, -0.15) is 4.31 Å². The van der Waals surface area contributed by atoms with E-state index >= 15 is 0 Å². The first-order chi connectivity index (χ1) is 8.69. The van der Waals surface area contributed by atoms with Gasteiger partial charge >= 0.3 is 0 Å². The van der Waals surface area contributed by atoms with Gasteiger partial charge in [0, 0.05) is 25.3 Å². The molecule has 0 unspecified atom stereocenters. The first-order valence-electron chi connectivity index (χ1n) is 6.55. The van der Waals surface area contributed by atoms with Gasteiger partial charge in [0.05, 0.1) is 4.90 Å². The zero-order chi connectivity index (χ0) is 12.6. The Kier molecular flexibility index (Phi) is 3.03. The summed E-state index contributed by atoms with van der Waals surface area (Å²) < 4.78 is 26.8. The molecule has 2 aliphatic rings. The fraction of sp³-hybridized carbons (Fsp3) is 0.538. The van der Waals surface area contributed by atoms with Gasteiger partial charge in [-0.25, -0.2) is 8.42 Å². The highest BCUT2D eigenvalue weighted by atomic mass is 32.2. The molecule has 3 rings (SSSR count). The number of nitrogens with one attached hydrogen (secondary N) is 1. The molecule has 1 N–H and O–H groups in total. The molecular formula is C13H18N2O2S. The van der Waals surface area contributed by atoms with Crippen LogP contribution >= 0.6 is 0 Å². The average molecular weight is 266 g/mol. The Morgan fingerprint density at radius 2 is 1.89 bits per heavy atom. The maximum Gasteiger partial charge on any atom is 0.243 e. The van der Waals surface area contributed by atoms with Gasteiger partial charge < -0.3 is 5.32 Å². The van der Waals surface area contributed by atoms with E-state index in [1.807, 2.05) is 12.1 Å². The largest absolute Gasteiger partial charge is 0.385 e. The summed E-state index contributed by atoms with van der Waals surface area (Å²) in [6, 6.07) is 5.55. The summed E-state index contributed by atoms with van der Waals surface area (Å²) in [5.74, 6) is 0. The molecule has 18 heavy (non-hydrogen) atoms. The van der Waals surface area contributed by atoms with Crippen molar-refractivity contribution in [2.24, 2.45) is 0 Å². The van der Waals surface area contributed by atoms with Crippen LogP contribution in [0.5, 0.6) is 0 Å². The van der Waals surface area contributed by atoms with Crippen LogP contribution < -0.4 is 5.32 Å². The van der Waals surface area contributed by atoms with Crippen molar-refractivity contribution in [2.45, 2.75) is 30.6 Å². The number of hydrogen-bond donors (Lipinski definition) is 1. The fourth-order valence-corrected chi connectivity index (χ4v) is 4.58. The van der Waals surface area contributed by atoms with Crippen LogP contribution in [-0.2, 0) is 16.4 Å². The van der Waals surface area contributed by atoms with Crippen molar-refractivity contribution >= 4 is 15.7 Å². The Morgan fingerprint density at radius 3 is 2.67 bits per heavy atom. The van der Waals surface area contributed by atoms with E-state index in [0.29, 0.717) is 18.0 Å². The highest BCUT2D eigenvalue weighted by Gasteiger charge is 2.30. The Morgan fingerprint density at radius 1 is 1.11 bits per heavy atom. The summed E-state index contributed by atoms with van der Waals surface area (Å²) in [4.78, 5) is 0.508. The van der Waals surface area contributed by atoms with E-state index < -0.39 is 10.0 Å². The molecule has 1 aromatic carbocycles. The number of benzene rings is 1. The van der Waals surface area contributed by atoms with Gasteiger partial charge in [0.25, 0.3) is 0 Å². The lowest BCUT2D eigenvalue weighted by Crippen LogP contribution is -2.29. The molecule has 0 radical (unpaired) electrons. The second-order valence-corrected chi connectivity index (χ2v) is 6.83. The van der Waals surface area contributed by atoms with Crippen LogP contribution in [0.3, 0.4) is 0 Å². The van der Waals surface area contributed by atoms with Gasteiger partial charge in [0.15, 0.2) is 0 Å². The number of rotatable bonds is 2. The Bertz CT molecular complexity index is 548. The molecule has 2 heterocycles.